The van der Waals surface area contributed by atoms with Gasteiger partial charge in [0.15, 0.2) is 5.25 Å². The van der Waals surface area contributed by atoms with E-state index in [2.05, 4.69) is 33.0 Å². The molecule has 0 aliphatic rings. The van der Waals surface area contributed by atoms with E-state index >= 15 is 0 Å². The van der Waals surface area contributed by atoms with Crippen LogP contribution in [0.5, 0.6) is 0 Å². The number of para-hydroxylation sites is 1. The van der Waals surface area contributed by atoms with Crippen molar-refractivity contribution < 1.29 is 14.7 Å². The molecule has 2 N–H and O–H groups in total. The minimum absolute atomic E-state index is 0.217. The van der Waals surface area contributed by atoms with Crippen molar-refractivity contribution in [2.75, 3.05) is 5.32 Å². The first-order valence-corrected chi connectivity index (χ1v) is 9.57. The second-order valence-electron chi connectivity index (χ2n) is 6.76. The fourth-order valence-corrected chi connectivity index (χ4v) is 3.59. The van der Waals surface area contributed by atoms with Gasteiger partial charge in [0, 0.05) is 10.6 Å². The molecule has 1 unspecified atom stereocenters. The SMILES string of the molecule is CC(C)c1cccc(C(C)C)c1NC(=O)C(Sc1ccccc1)C(=O)O. The topological polar surface area (TPSA) is 66.4 Å². The summed E-state index contributed by atoms with van der Waals surface area (Å²) in [6, 6.07) is 15.0. The molecule has 26 heavy (non-hydrogen) atoms. The third-order valence-electron chi connectivity index (χ3n) is 4.08. The average molecular weight is 372 g/mol. The Morgan fingerprint density at radius 1 is 0.885 bits per heavy atom. The van der Waals surface area contributed by atoms with Gasteiger partial charge >= 0.3 is 5.97 Å². The van der Waals surface area contributed by atoms with Crippen LogP contribution < -0.4 is 5.32 Å². The number of hydrogen-bond acceptors (Lipinski definition) is 3. The number of rotatable bonds is 7. The number of anilines is 1. The minimum Gasteiger partial charge on any atom is -0.480 e. The van der Waals surface area contributed by atoms with Gasteiger partial charge in [0.1, 0.15) is 0 Å². The van der Waals surface area contributed by atoms with Crippen LogP contribution in [0.15, 0.2) is 53.4 Å². The zero-order chi connectivity index (χ0) is 19.3. The summed E-state index contributed by atoms with van der Waals surface area (Å²) in [7, 11) is 0. The van der Waals surface area contributed by atoms with E-state index in [0.29, 0.717) is 0 Å². The summed E-state index contributed by atoms with van der Waals surface area (Å²) in [6.07, 6.45) is 0. The van der Waals surface area contributed by atoms with Crippen LogP contribution in [0.4, 0.5) is 5.69 Å². The number of hydrogen-bond donors (Lipinski definition) is 2. The molecular weight excluding hydrogens is 346 g/mol. The lowest BCUT2D eigenvalue weighted by atomic mass is 9.92. The number of thioether (sulfide) groups is 1. The average Bonchev–Trinajstić information content (AvgIpc) is 2.59. The van der Waals surface area contributed by atoms with Crippen molar-refractivity contribution in [2.24, 2.45) is 0 Å². The van der Waals surface area contributed by atoms with Crippen LogP contribution in [0.2, 0.25) is 0 Å². The molecule has 2 aromatic rings. The minimum atomic E-state index is -1.21. The van der Waals surface area contributed by atoms with E-state index in [1.807, 2.05) is 36.4 Å². The van der Waals surface area contributed by atoms with Gasteiger partial charge in [-0.3, -0.25) is 9.59 Å². The van der Waals surface area contributed by atoms with Gasteiger partial charge in [-0.15, -0.1) is 11.8 Å². The molecule has 2 rings (SSSR count). The number of carboxylic acids is 1. The van der Waals surface area contributed by atoms with Crippen LogP contribution in [-0.2, 0) is 9.59 Å². The maximum atomic E-state index is 12.8. The second-order valence-corrected chi connectivity index (χ2v) is 7.94. The fourth-order valence-electron chi connectivity index (χ4n) is 2.74. The first-order valence-electron chi connectivity index (χ1n) is 8.69. The van der Waals surface area contributed by atoms with Gasteiger partial charge < -0.3 is 10.4 Å². The van der Waals surface area contributed by atoms with Crippen molar-refractivity contribution in [3.63, 3.8) is 0 Å². The monoisotopic (exact) mass is 371 g/mol. The van der Waals surface area contributed by atoms with Crippen molar-refractivity contribution in [3.8, 4) is 0 Å². The molecule has 1 amide bonds. The third kappa shape index (κ3) is 4.88. The molecule has 138 valence electrons. The van der Waals surface area contributed by atoms with Crippen LogP contribution in [0.25, 0.3) is 0 Å². The maximum Gasteiger partial charge on any atom is 0.326 e. The fraction of sp³-hybridized carbons (Fsp3) is 0.333. The summed E-state index contributed by atoms with van der Waals surface area (Å²) < 4.78 is 0. The highest BCUT2D eigenvalue weighted by atomic mass is 32.2. The quantitative estimate of drug-likeness (QED) is 0.524. The number of nitrogens with one attached hydrogen (secondary N) is 1. The van der Waals surface area contributed by atoms with E-state index in [9.17, 15) is 14.7 Å². The van der Waals surface area contributed by atoms with Gasteiger partial charge in [0.05, 0.1) is 0 Å². The number of carbonyl (C=O) groups excluding carboxylic acids is 1. The zero-order valence-corrected chi connectivity index (χ0v) is 16.3. The molecule has 2 aromatic carbocycles. The standard InChI is InChI=1S/C21H25NO3S/c1-13(2)16-11-8-12-17(14(3)4)18(16)22-20(23)19(21(24)25)26-15-9-6-5-7-10-15/h5-14,19H,1-4H3,(H,22,23)(H,24,25). The molecule has 0 spiro atoms. The molecule has 0 aliphatic carbocycles. The van der Waals surface area contributed by atoms with Crippen molar-refractivity contribution >= 4 is 29.3 Å². The number of carboxylic acid groups (broad SMARTS) is 1. The Labute approximate surface area is 159 Å². The molecule has 0 aliphatic heterocycles. The van der Waals surface area contributed by atoms with E-state index in [4.69, 9.17) is 0 Å². The lowest BCUT2D eigenvalue weighted by Crippen LogP contribution is -2.33. The number of carbonyl (C=O) groups is 2. The predicted molar refractivity (Wildman–Crippen MR) is 107 cm³/mol. The predicted octanol–water partition coefficient (Wildman–Crippen LogP) is 5.12. The molecule has 0 aromatic heterocycles. The smallest absolute Gasteiger partial charge is 0.326 e. The maximum absolute atomic E-state index is 12.8. The van der Waals surface area contributed by atoms with Gasteiger partial charge in [-0.1, -0.05) is 64.1 Å². The Morgan fingerprint density at radius 2 is 1.42 bits per heavy atom. The van der Waals surface area contributed by atoms with E-state index in [-0.39, 0.29) is 11.8 Å². The second kappa shape index (κ2) is 8.90. The Bertz CT molecular complexity index is 746. The lowest BCUT2D eigenvalue weighted by molar-refractivity contribution is -0.138. The van der Waals surface area contributed by atoms with Crippen LogP contribution in [0.3, 0.4) is 0 Å². The number of amides is 1. The first kappa shape index (κ1) is 20.0. The molecule has 0 bridgehead atoms. The van der Waals surface area contributed by atoms with Crippen LogP contribution in [-0.4, -0.2) is 22.2 Å². The van der Waals surface area contributed by atoms with E-state index in [1.165, 1.54) is 0 Å². The summed E-state index contributed by atoms with van der Waals surface area (Å²) in [4.78, 5) is 25.2. The van der Waals surface area contributed by atoms with E-state index in [1.54, 1.807) is 12.1 Å². The molecule has 5 heteroatoms. The lowest BCUT2D eigenvalue weighted by Gasteiger charge is -2.21. The van der Waals surface area contributed by atoms with Gasteiger partial charge in [-0.05, 0) is 35.1 Å². The normalized spacial score (nSPS) is 12.2. The summed E-state index contributed by atoms with van der Waals surface area (Å²) >= 11 is 1.04. The van der Waals surface area contributed by atoms with E-state index < -0.39 is 17.1 Å². The molecule has 0 saturated heterocycles. The molecule has 0 saturated carbocycles. The van der Waals surface area contributed by atoms with Gasteiger partial charge in [-0.2, -0.15) is 0 Å². The van der Waals surface area contributed by atoms with Crippen molar-refractivity contribution in [1.82, 2.24) is 0 Å². The van der Waals surface area contributed by atoms with Gasteiger partial charge in [0.2, 0.25) is 5.91 Å². The summed E-state index contributed by atoms with van der Waals surface area (Å²) in [5.41, 5.74) is 2.76. The highest BCUT2D eigenvalue weighted by Crippen LogP contribution is 2.33. The molecule has 1 atom stereocenters. The van der Waals surface area contributed by atoms with Crippen molar-refractivity contribution in [1.29, 1.82) is 0 Å². The summed E-state index contributed by atoms with van der Waals surface area (Å²) in [6.45, 7) is 8.23. The molecule has 0 fully saturated rings. The number of benzene rings is 2. The van der Waals surface area contributed by atoms with Crippen LogP contribution in [0, 0.1) is 0 Å². The van der Waals surface area contributed by atoms with Crippen LogP contribution >= 0.6 is 11.8 Å². The molecule has 0 heterocycles. The zero-order valence-electron chi connectivity index (χ0n) is 15.5. The Hall–Kier alpha value is -2.27. The summed E-state index contributed by atoms with van der Waals surface area (Å²) in [5, 5.41) is 11.3. The Morgan fingerprint density at radius 3 is 1.88 bits per heavy atom. The first-order chi connectivity index (χ1) is 12.3. The highest BCUT2D eigenvalue weighted by Gasteiger charge is 2.29. The van der Waals surface area contributed by atoms with Gasteiger partial charge in [0.25, 0.3) is 0 Å². The van der Waals surface area contributed by atoms with Crippen molar-refractivity contribution in [2.45, 2.75) is 49.7 Å². The molecule has 0 radical (unpaired) electrons. The highest BCUT2D eigenvalue weighted by molar-refractivity contribution is 8.01. The molecular formula is C21H25NO3S. The largest absolute Gasteiger partial charge is 0.480 e. The van der Waals surface area contributed by atoms with Crippen LogP contribution in [0.1, 0.15) is 50.7 Å². The summed E-state index contributed by atoms with van der Waals surface area (Å²) in [5.74, 6) is -1.23. The number of aliphatic carboxylic acids is 1. The van der Waals surface area contributed by atoms with E-state index in [0.717, 1.165) is 33.5 Å². The van der Waals surface area contributed by atoms with Crippen molar-refractivity contribution in [3.05, 3.63) is 59.7 Å². The van der Waals surface area contributed by atoms with Gasteiger partial charge in [-0.25, -0.2) is 0 Å². The Balaban J connectivity index is 2.33. The Kier molecular flexibility index (Phi) is 6.86. The third-order valence-corrected chi connectivity index (χ3v) is 5.28. The molecule has 4 nitrogen and oxygen atoms in total.